The summed E-state index contributed by atoms with van der Waals surface area (Å²) in [7, 11) is -3.44. The minimum Gasteiger partial charge on any atom is -0.301 e. The first-order chi connectivity index (χ1) is 8.49. The summed E-state index contributed by atoms with van der Waals surface area (Å²) in [6.07, 6.45) is 3.15. The van der Waals surface area contributed by atoms with Crippen LogP contribution in [0.15, 0.2) is 17.3 Å². The number of nitrogens with one attached hydrogen (secondary N) is 2. The van der Waals surface area contributed by atoms with Crippen LogP contribution >= 0.6 is 0 Å². The van der Waals surface area contributed by atoms with Crippen molar-refractivity contribution in [3.8, 4) is 0 Å². The predicted octanol–water partition coefficient (Wildman–Crippen LogP) is 0.561. The minimum absolute atomic E-state index is 0.0216. The van der Waals surface area contributed by atoms with E-state index in [0.717, 1.165) is 25.9 Å². The average molecular weight is 272 g/mol. The summed E-state index contributed by atoms with van der Waals surface area (Å²) in [6.45, 7) is 6.20. The Morgan fingerprint density at radius 2 is 2.11 bits per heavy atom. The molecule has 2 N–H and O–H groups in total. The molecular formula is C11H20N4O2S. The molecule has 0 amide bonds. The molecule has 1 aliphatic heterocycles. The van der Waals surface area contributed by atoms with Gasteiger partial charge in [-0.3, -0.25) is 5.10 Å². The number of H-pyrrole nitrogens is 1. The lowest BCUT2D eigenvalue weighted by atomic mass is 10.1. The number of rotatable bonds is 4. The lowest BCUT2D eigenvalue weighted by Gasteiger charge is -2.34. The lowest BCUT2D eigenvalue weighted by Crippen LogP contribution is -2.46. The van der Waals surface area contributed by atoms with Crippen LogP contribution in [0.3, 0.4) is 0 Å². The molecule has 1 saturated heterocycles. The van der Waals surface area contributed by atoms with Gasteiger partial charge >= 0.3 is 0 Å². The maximum absolute atomic E-state index is 12.0. The topological polar surface area (TPSA) is 78.1 Å². The van der Waals surface area contributed by atoms with Gasteiger partial charge in [0.1, 0.15) is 0 Å². The van der Waals surface area contributed by atoms with Crippen molar-refractivity contribution in [3.63, 3.8) is 0 Å². The number of hydrogen-bond acceptors (Lipinski definition) is 4. The van der Waals surface area contributed by atoms with Gasteiger partial charge in [-0.05, 0) is 45.8 Å². The van der Waals surface area contributed by atoms with Gasteiger partial charge in [-0.1, -0.05) is 0 Å². The van der Waals surface area contributed by atoms with Crippen LogP contribution in [0.2, 0.25) is 0 Å². The van der Waals surface area contributed by atoms with Gasteiger partial charge in [0.15, 0.2) is 5.03 Å². The number of nitrogens with zero attached hydrogens (tertiary/aromatic N) is 2. The zero-order valence-corrected chi connectivity index (χ0v) is 11.6. The minimum atomic E-state index is -3.44. The molecule has 1 fully saturated rings. The van der Waals surface area contributed by atoms with Crippen LogP contribution in [-0.2, 0) is 10.0 Å². The first-order valence-corrected chi connectivity index (χ1v) is 7.73. The third-order valence-electron chi connectivity index (χ3n) is 3.35. The molecule has 0 unspecified atom stereocenters. The second-order valence-corrected chi connectivity index (χ2v) is 6.63. The van der Waals surface area contributed by atoms with Crippen molar-refractivity contribution in [2.75, 3.05) is 13.1 Å². The molecule has 0 radical (unpaired) electrons. The maximum atomic E-state index is 12.0. The van der Waals surface area contributed by atoms with E-state index in [2.05, 4.69) is 33.7 Å². The molecule has 0 saturated carbocycles. The summed E-state index contributed by atoms with van der Waals surface area (Å²) in [4.78, 5) is 2.36. The normalized spacial score (nSPS) is 19.5. The standard InChI is InChI=1S/C11H20N4O2S/c1-9(2)15-7-4-10(5-8-15)14-18(16,17)11-3-6-12-13-11/h3,6,9-10,14H,4-5,7-8H2,1-2H3,(H,12,13). The first kappa shape index (κ1) is 13.5. The first-order valence-electron chi connectivity index (χ1n) is 6.25. The molecule has 1 aliphatic rings. The number of hydrogen-bond donors (Lipinski definition) is 2. The molecule has 2 heterocycles. The van der Waals surface area contributed by atoms with E-state index < -0.39 is 10.0 Å². The fraction of sp³-hybridized carbons (Fsp3) is 0.727. The summed E-state index contributed by atoms with van der Waals surface area (Å²) in [6, 6.07) is 2.01. The fourth-order valence-electron chi connectivity index (χ4n) is 2.21. The number of likely N-dealkylation sites (tertiary alicyclic amines) is 1. The van der Waals surface area contributed by atoms with E-state index in [-0.39, 0.29) is 11.1 Å². The van der Waals surface area contributed by atoms with Crippen molar-refractivity contribution in [2.45, 2.75) is 43.8 Å². The highest BCUT2D eigenvalue weighted by Crippen LogP contribution is 2.15. The number of piperidine rings is 1. The summed E-state index contributed by atoms with van der Waals surface area (Å²) in [5.41, 5.74) is 0. The van der Waals surface area contributed by atoms with Gasteiger partial charge in [-0.2, -0.15) is 5.10 Å². The van der Waals surface area contributed by atoms with Crippen LogP contribution in [0.1, 0.15) is 26.7 Å². The molecule has 6 nitrogen and oxygen atoms in total. The summed E-state index contributed by atoms with van der Waals surface area (Å²) in [5, 5.41) is 6.28. The van der Waals surface area contributed by atoms with E-state index in [9.17, 15) is 8.42 Å². The van der Waals surface area contributed by atoms with Crippen LogP contribution in [0, 0.1) is 0 Å². The highest BCUT2D eigenvalue weighted by molar-refractivity contribution is 7.89. The SMILES string of the molecule is CC(C)N1CCC(NS(=O)(=O)c2ccn[nH]2)CC1. The number of aromatic nitrogens is 2. The van der Waals surface area contributed by atoms with Gasteiger partial charge < -0.3 is 4.90 Å². The van der Waals surface area contributed by atoms with E-state index >= 15 is 0 Å². The Bertz CT molecular complexity index is 461. The molecule has 18 heavy (non-hydrogen) atoms. The van der Waals surface area contributed by atoms with Crippen molar-refractivity contribution in [1.29, 1.82) is 0 Å². The van der Waals surface area contributed by atoms with E-state index in [1.54, 1.807) is 0 Å². The predicted molar refractivity (Wildman–Crippen MR) is 68.6 cm³/mol. The molecule has 102 valence electrons. The summed E-state index contributed by atoms with van der Waals surface area (Å²) in [5.74, 6) is 0. The van der Waals surface area contributed by atoms with Gasteiger partial charge in [0.05, 0.1) is 6.20 Å². The molecule has 2 rings (SSSR count). The largest absolute Gasteiger partial charge is 0.301 e. The molecule has 7 heteroatoms. The average Bonchev–Trinajstić information content (AvgIpc) is 2.83. The van der Waals surface area contributed by atoms with Crippen molar-refractivity contribution in [2.24, 2.45) is 0 Å². The third-order valence-corrected chi connectivity index (χ3v) is 4.80. The lowest BCUT2D eigenvalue weighted by molar-refractivity contribution is 0.168. The molecular weight excluding hydrogens is 252 g/mol. The van der Waals surface area contributed by atoms with E-state index in [1.807, 2.05) is 0 Å². The quantitative estimate of drug-likeness (QED) is 0.839. The second kappa shape index (κ2) is 5.38. The Labute approximate surface area is 108 Å². The third kappa shape index (κ3) is 3.09. The van der Waals surface area contributed by atoms with E-state index in [0.29, 0.717) is 6.04 Å². The van der Waals surface area contributed by atoms with E-state index in [4.69, 9.17) is 0 Å². The van der Waals surface area contributed by atoms with Crippen LogP contribution < -0.4 is 4.72 Å². The smallest absolute Gasteiger partial charge is 0.257 e. The van der Waals surface area contributed by atoms with Crippen LogP contribution in [0.25, 0.3) is 0 Å². The van der Waals surface area contributed by atoms with Gasteiger partial charge in [-0.25, -0.2) is 13.1 Å². The van der Waals surface area contributed by atoms with Gasteiger partial charge in [0, 0.05) is 12.1 Å². The molecule has 1 aromatic heterocycles. The Morgan fingerprint density at radius 1 is 1.44 bits per heavy atom. The van der Waals surface area contributed by atoms with Crippen LogP contribution in [-0.4, -0.2) is 48.7 Å². The molecule has 1 aromatic rings. The zero-order valence-electron chi connectivity index (χ0n) is 10.8. The van der Waals surface area contributed by atoms with Crippen LogP contribution in [0.4, 0.5) is 0 Å². The Balaban J connectivity index is 1.92. The van der Waals surface area contributed by atoms with Crippen molar-refractivity contribution in [1.82, 2.24) is 19.8 Å². The molecule has 0 atom stereocenters. The monoisotopic (exact) mass is 272 g/mol. The Morgan fingerprint density at radius 3 is 2.61 bits per heavy atom. The molecule has 0 aliphatic carbocycles. The number of sulfonamides is 1. The molecule has 0 spiro atoms. The Hall–Kier alpha value is -0.920. The van der Waals surface area contributed by atoms with Crippen LogP contribution in [0.5, 0.6) is 0 Å². The highest BCUT2D eigenvalue weighted by Gasteiger charge is 2.25. The fourth-order valence-corrected chi connectivity index (χ4v) is 3.42. The van der Waals surface area contributed by atoms with Gasteiger partial charge in [0.25, 0.3) is 10.0 Å². The van der Waals surface area contributed by atoms with E-state index in [1.165, 1.54) is 12.3 Å². The zero-order chi connectivity index (χ0) is 13.2. The Kier molecular flexibility index (Phi) is 4.04. The van der Waals surface area contributed by atoms with Crippen molar-refractivity contribution < 1.29 is 8.42 Å². The molecule has 0 bridgehead atoms. The molecule has 0 aromatic carbocycles. The summed E-state index contributed by atoms with van der Waals surface area (Å²) >= 11 is 0. The second-order valence-electron chi connectivity index (χ2n) is 4.95. The van der Waals surface area contributed by atoms with Crippen molar-refractivity contribution >= 4 is 10.0 Å². The van der Waals surface area contributed by atoms with Crippen molar-refractivity contribution in [3.05, 3.63) is 12.3 Å². The highest BCUT2D eigenvalue weighted by atomic mass is 32.2. The summed E-state index contributed by atoms with van der Waals surface area (Å²) < 4.78 is 26.7. The maximum Gasteiger partial charge on any atom is 0.257 e. The van der Waals surface area contributed by atoms with Gasteiger partial charge in [-0.15, -0.1) is 0 Å². The number of aromatic amines is 1. The van der Waals surface area contributed by atoms with Gasteiger partial charge in [0.2, 0.25) is 0 Å².